The van der Waals surface area contributed by atoms with Crippen molar-refractivity contribution in [3.63, 3.8) is 0 Å². The van der Waals surface area contributed by atoms with E-state index in [1.165, 1.54) is 17.3 Å². The number of ether oxygens (including phenoxy) is 2. The molecule has 1 amide bonds. The Morgan fingerprint density at radius 2 is 1.97 bits per heavy atom. The number of nitrogens with zero attached hydrogens (tertiary/aromatic N) is 1. The van der Waals surface area contributed by atoms with Crippen molar-refractivity contribution in [3.8, 4) is 11.5 Å². The predicted octanol–water partition coefficient (Wildman–Crippen LogP) is 3.83. The fraction of sp³-hybridized carbons (Fsp3) is 0.273. The number of benzene rings is 2. The summed E-state index contributed by atoms with van der Waals surface area (Å²) in [5.74, 6) is 1.42. The zero-order valence-corrected chi connectivity index (χ0v) is 17.2. The summed E-state index contributed by atoms with van der Waals surface area (Å²) in [4.78, 5) is 20.5. The van der Waals surface area contributed by atoms with Gasteiger partial charge < -0.3 is 19.8 Å². The molecule has 29 heavy (non-hydrogen) atoms. The maximum absolute atomic E-state index is 12.5. The fourth-order valence-corrected chi connectivity index (χ4v) is 3.99. The number of fused-ring (bicyclic) bond motifs is 1. The Morgan fingerprint density at radius 3 is 2.79 bits per heavy atom. The minimum Gasteiger partial charge on any atom is -0.454 e. The normalized spacial score (nSPS) is 13.3. The molecule has 0 spiro atoms. The SMILES string of the molecule is Cc1[nH]c(S[C@H](C)C(=O)NCc2ccc3c(c2)OCO3)nc1Cc1ccccc1. The summed E-state index contributed by atoms with van der Waals surface area (Å²) in [6, 6.07) is 15.9. The van der Waals surface area contributed by atoms with E-state index in [2.05, 4.69) is 27.4 Å². The van der Waals surface area contributed by atoms with Gasteiger partial charge in [-0.2, -0.15) is 0 Å². The molecule has 1 aliphatic heterocycles. The van der Waals surface area contributed by atoms with Gasteiger partial charge in [-0.05, 0) is 37.1 Å². The molecule has 7 heteroatoms. The van der Waals surface area contributed by atoms with Crippen LogP contribution in [0.3, 0.4) is 0 Å². The van der Waals surface area contributed by atoms with Gasteiger partial charge in [0.2, 0.25) is 12.7 Å². The highest BCUT2D eigenvalue weighted by Crippen LogP contribution is 2.32. The number of hydrogen-bond donors (Lipinski definition) is 2. The molecule has 3 aromatic rings. The molecule has 2 aromatic carbocycles. The van der Waals surface area contributed by atoms with E-state index in [1.807, 2.05) is 50.2 Å². The zero-order valence-electron chi connectivity index (χ0n) is 16.4. The third-order valence-electron chi connectivity index (χ3n) is 4.74. The second kappa shape index (κ2) is 8.61. The number of aromatic amines is 1. The van der Waals surface area contributed by atoms with Crippen LogP contribution in [-0.4, -0.2) is 27.9 Å². The summed E-state index contributed by atoms with van der Waals surface area (Å²) >= 11 is 1.43. The summed E-state index contributed by atoms with van der Waals surface area (Å²) in [6.45, 7) is 4.58. The van der Waals surface area contributed by atoms with Crippen molar-refractivity contribution in [2.45, 2.75) is 37.2 Å². The van der Waals surface area contributed by atoms with E-state index in [4.69, 9.17) is 9.47 Å². The van der Waals surface area contributed by atoms with Crippen molar-refractivity contribution in [1.29, 1.82) is 0 Å². The molecule has 0 fully saturated rings. The fourth-order valence-electron chi connectivity index (χ4n) is 3.09. The largest absolute Gasteiger partial charge is 0.454 e. The van der Waals surface area contributed by atoms with E-state index >= 15 is 0 Å². The molecule has 1 aromatic heterocycles. The Morgan fingerprint density at radius 1 is 1.17 bits per heavy atom. The van der Waals surface area contributed by atoms with Crippen molar-refractivity contribution in [2.24, 2.45) is 0 Å². The molecule has 0 radical (unpaired) electrons. The van der Waals surface area contributed by atoms with Crippen LogP contribution < -0.4 is 14.8 Å². The smallest absolute Gasteiger partial charge is 0.233 e. The third kappa shape index (κ3) is 4.74. The predicted molar refractivity (Wildman–Crippen MR) is 112 cm³/mol. The van der Waals surface area contributed by atoms with Crippen LogP contribution in [0.4, 0.5) is 0 Å². The average molecular weight is 410 g/mol. The van der Waals surface area contributed by atoms with Gasteiger partial charge in [0.05, 0.1) is 10.9 Å². The molecule has 0 saturated carbocycles. The second-order valence-electron chi connectivity index (χ2n) is 6.94. The number of aryl methyl sites for hydroxylation is 1. The number of aromatic nitrogens is 2. The number of H-pyrrole nitrogens is 1. The van der Waals surface area contributed by atoms with Gasteiger partial charge in [-0.25, -0.2) is 4.98 Å². The number of nitrogens with one attached hydrogen (secondary N) is 2. The first kappa shape index (κ1) is 19.4. The van der Waals surface area contributed by atoms with Crippen LogP contribution in [0.25, 0.3) is 0 Å². The lowest BCUT2D eigenvalue weighted by molar-refractivity contribution is -0.120. The van der Waals surface area contributed by atoms with E-state index in [1.54, 1.807) is 0 Å². The van der Waals surface area contributed by atoms with Gasteiger partial charge in [0, 0.05) is 18.7 Å². The molecule has 2 N–H and O–H groups in total. The first-order valence-corrected chi connectivity index (χ1v) is 10.4. The molecule has 0 saturated heterocycles. The Kier molecular flexibility index (Phi) is 5.76. The lowest BCUT2D eigenvalue weighted by Gasteiger charge is -2.11. The molecule has 0 unspecified atom stereocenters. The van der Waals surface area contributed by atoms with Gasteiger partial charge in [0.1, 0.15) is 0 Å². The van der Waals surface area contributed by atoms with Gasteiger partial charge >= 0.3 is 0 Å². The minimum absolute atomic E-state index is 0.0358. The number of thioether (sulfide) groups is 1. The van der Waals surface area contributed by atoms with E-state index in [0.29, 0.717) is 6.54 Å². The first-order chi connectivity index (χ1) is 14.1. The van der Waals surface area contributed by atoms with Crippen molar-refractivity contribution < 1.29 is 14.3 Å². The highest BCUT2D eigenvalue weighted by molar-refractivity contribution is 8.00. The lowest BCUT2D eigenvalue weighted by atomic mass is 10.1. The van der Waals surface area contributed by atoms with Crippen molar-refractivity contribution in [1.82, 2.24) is 15.3 Å². The summed E-state index contributed by atoms with van der Waals surface area (Å²) in [5.41, 5.74) is 4.22. The molecule has 1 aliphatic rings. The second-order valence-corrected chi connectivity index (χ2v) is 8.27. The van der Waals surface area contributed by atoms with Gasteiger partial charge in [-0.15, -0.1) is 0 Å². The van der Waals surface area contributed by atoms with E-state index < -0.39 is 0 Å². The van der Waals surface area contributed by atoms with Crippen LogP contribution in [-0.2, 0) is 17.8 Å². The minimum atomic E-state index is -0.265. The average Bonchev–Trinajstić information content (AvgIpc) is 3.32. The van der Waals surface area contributed by atoms with Gasteiger partial charge in [-0.3, -0.25) is 4.79 Å². The van der Waals surface area contributed by atoms with Gasteiger partial charge in [0.25, 0.3) is 0 Å². The standard InChI is InChI=1S/C22H23N3O3S/c1-14-18(10-16-6-4-3-5-7-16)25-22(24-14)29-15(2)21(26)23-12-17-8-9-19-20(11-17)28-13-27-19/h3-9,11,15H,10,12-13H2,1-2H3,(H,23,26)(H,24,25)/t15-/m1/s1. The molecular formula is C22H23N3O3S. The van der Waals surface area contributed by atoms with Crippen LogP contribution in [0, 0.1) is 6.92 Å². The van der Waals surface area contributed by atoms with Gasteiger partial charge in [-0.1, -0.05) is 48.2 Å². The summed E-state index contributed by atoms with van der Waals surface area (Å²) in [5, 5.41) is 3.47. The number of imidazole rings is 1. The maximum atomic E-state index is 12.5. The number of amides is 1. The molecule has 0 aliphatic carbocycles. The van der Waals surface area contributed by atoms with E-state index in [9.17, 15) is 4.79 Å². The van der Waals surface area contributed by atoms with E-state index in [-0.39, 0.29) is 18.0 Å². The summed E-state index contributed by atoms with van der Waals surface area (Å²) in [6.07, 6.45) is 0.772. The lowest BCUT2D eigenvalue weighted by Crippen LogP contribution is -2.30. The Labute approximate surface area is 174 Å². The number of carbonyl (C=O) groups excluding carboxylic acids is 1. The molecular weight excluding hydrogens is 386 g/mol. The van der Waals surface area contributed by atoms with Crippen LogP contribution in [0.2, 0.25) is 0 Å². The number of carbonyl (C=O) groups is 1. The van der Waals surface area contributed by atoms with Crippen LogP contribution in [0.1, 0.15) is 29.4 Å². The summed E-state index contributed by atoms with van der Waals surface area (Å²) < 4.78 is 10.7. The summed E-state index contributed by atoms with van der Waals surface area (Å²) in [7, 11) is 0. The van der Waals surface area contributed by atoms with Crippen molar-refractivity contribution >= 4 is 17.7 Å². The number of rotatable bonds is 7. The first-order valence-electron chi connectivity index (χ1n) is 9.51. The van der Waals surface area contributed by atoms with E-state index in [0.717, 1.165) is 40.0 Å². The molecule has 150 valence electrons. The highest BCUT2D eigenvalue weighted by atomic mass is 32.2. The molecule has 6 nitrogen and oxygen atoms in total. The Hall–Kier alpha value is -2.93. The van der Waals surface area contributed by atoms with Crippen molar-refractivity contribution in [3.05, 3.63) is 71.0 Å². The molecule has 1 atom stereocenters. The third-order valence-corrected chi connectivity index (χ3v) is 5.72. The topological polar surface area (TPSA) is 76.2 Å². The number of hydrogen-bond acceptors (Lipinski definition) is 5. The van der Waals surface area contributed by atoms with Crippen LogP contribution in [0.5, 0.6) is 11.5 Å². The highest BCUT2D eigenvalue weighted by Gasteiger charge is 2.18. The van der Waals surface area contributed by atoms with Gasteiger partial charge in [0.15, 0.2) is 16.7 Å². The molecule has 4 rings (SSSR count). The quantitative estimate of drug-likeness (QED) is 0.580. The molecule has 0 bridgehead atoms. The van der Waals surface area contributed by atoms with Crippen molar-refractivity contribution in [2.75, 3.05) is 6.79 Å². The van der Waals surface area contributed by atoms with Crippen LogP contribution >= 0.6 is 11.8 Å². The Balaban J connectivity index is 1.32. The zero-order chi connectivity index (χ0) is 20.2. The van der Waals surface area contributed by atoms with Crippen LogP contribution in [0.15, 0.2) is 53.7 Å². The Bertz CT molecular complexity index is 1000. The molecule has 2 heterocycles. The maximum Gasteiger partial charge on any atom is 0.233 e. The monoisotopic (exact) mass is 409 g/mol.